The standard InChI is InChI=1S/C38H48BN4O7/c1-36(2)29-20-32(36)37(3)38(21-29,40-4)50-39(49-37)33-16-11-18-41(33)23-31(44)24-43(35(46)48-26-28-14-9-6-10-15-28)30-17-19-42(22-30)34(45)47-25-27-12-7-5-8-13-27/h4-10,12-15,29-30,32-33H,11,16-26H2,1-3H3/q+1/t29-,30?,32-,33-,37-,38+/m0/s1. The van der Waals surface area contributed by atoms with Crippen LogP contribution in [0.25, 0.3) is 4.85 Å². The first-order valence-corrected chi connectivity index (χ1v) is 18.0. The van der Waals surface area contributed by atoms with Crippen LogP contribution in [-0.2, 0) is 36.8 Å². The summed E-state index contributed by atoms with van der Waals surface area (Å²) in [5.41, 5.74) is 0.328. The summed E-state index contributed by atoms with van der Waals surface area (Å²) in [5.74, 6) is 0.489. The second-order valence-electron chi connectivity index (χ2n) is 15.5. The summed E-state index contributed by atoms with van der Waals surface area (Å²) < 4.78 is 24.7. The molecule has 3 aliphatic heterocycles. The average molecular weight is 684 g/mol. The van der Waals surface area contributed by atoms with Crippen LogP contribution in [-0.4, -0.2) is 95.8 Å². The number of nitrogens with zero attached hydrogens (tertiary/aromatic N) is 4. The summed E-state index contributed by atoms with van der Waals surface area (Å²) in [4.78, 5) is 49.9. The van der Waals surface area contributed by atoms with Crippen LogP contribution in [0.4, 0.5) is 9.59 Å². The molecule has 8 rings (SSSR count). The highest BCUT2D eigenvalue weighted by molar-refractivity contribution is 6.47. The third-order valence-electron chi connectivity index (χ3n) is 12.3. The molecule has 2 aromatic carbocycles. The van der Waals surface area contributed by atoms with Crippen LogP contribution >= 0.6 is 0 Å². The highest BCUT2D eigenvalue weighted by Gasteiger charge is 2.81. The summed E-state index contributed by atoms with van der Waals surface area (Å²) >= 11 is 0. The van der Waals surface area contributed by atoms with Gasteiger partial charge >= 0.3 is 25.0 Å². The Morgan fingerprint density at radius 2 is 1.64 bits per heavy atom. The van der Waals surface area contributed by atoms with E-state index in [2.05, 4.69) is 30.5 Å². The zero-order valence-corrected chi connectivity index (χ0v) is 29.4. The Kier molecular flexibility index (Phi) is 9.43. The van der Waals surface area contributed by atoms with Crippen LogP contribution in [0.3, 0.4) is 0 Å². The van der Waals surface area contributed by atoms with E-state index in [1.54, 1.807) is 4.90 Å². The number of Topliss-reactive ketones (excluding diaryl/α,β-unsaturated/α-hetero) is 1. The number of ketones is 1. The summed E-state index contributed by atoms with van der Waals surface area (Å²) in [5, 5.41) is 0. The Labute approximate surface area is 295 Å². The molecule has 0 N–H and O–H groups in total. The summed E-state index contributed by atoms with van der Waals surface area (Å²) in [6, 6.07) is 18.5. The largest absolute Gasteiger partial charge is 0.481 e. The fraction of sp³-hybridized carbons (Fsp3) is 0.579. The Bertz CT molecular complexity index is 1620. The van der Waals surface area contributed by atoms with Gasteiger partial charge in [-0.1, -0.05) is 74.5 Å². The number of carbonyl (C=O) groups is 3. The molecule has 12 heteroatoms. The molecule has 264 valence electrons. The number of carbonyl (C=O) groups excluding carboxylic acids is 3. The van der Waals surface area contributed by atoms with Crippen LogP contribution < -0.4 is 0 Å². The van der Waals surface area contributed by atoms with Gasteiger partial charge in [0.25, 0.3) is 6.57 Å². The van der Waals surface area contributed by atoms with Gasteiger partial charge in [-0.2, -0.15) is 0 Å². The summed E-state index contributed by atoms with van der Waals surface area (Å²) in [6.45, 7) is 14.3. The van der Waals surface area contributed by atoms with Gasteiger partial charge in [-0.05, 0) is 66.5 Å². The molecular formula is C38H48BN4O7+. The molecule has 2 bridgehead atoms. The lowest BCUT2D eigenvalue weighted by molar-refractivity contribution is -0.226. The molecule has 2 aromatic rings. The van der Waals surface area contributed by atoms with Crippen molar-refractivity contribution >= 4 is 25.1 Å². The minimum absolute atomic E-state index is 0.0792. The van der Waals surface area contributed by atoms with E-state index in [0.29, 0.717) is 25.4 Å². The fourth-order valence-electron chi connectivity index (χ4n) is 9.21. The van der Waals surface area contributed by atoms with Crippen LogP contribution in [0.5, 0.6) is 0 Å². The number of amides is 2. The van der Waals surface area contributed by atoms with Gasteiger partial charge in [-0.15, -0.1) is 0 Å². The minimum atomic E-state index is -0.894. The molecule has 3 saturated heterocycles. The molecule has 50 heavy (non-hydrogen) atoms. The number of likely N-dealkylation sites (tertiary alicyclic amines) is 2. The number of ether oxygens (including phenoxy) is 2. The van der Waals surface area contributed by atoms with Gasteiger partial charge in [0.2, 0.25) is 0 Å². The average Bonchev–Trinajstić information content (AvgIpc) is 3.87. The maximum atomic E-state index is 13.8. The first kappa shape index (κ1) is 34.5. The molecule has 3 saturated carbocycles. The maximum Gasteiger partial charge on any atom is 0.481 e. The summed E-state index contributed by atoms with van der Waals surface area (Å²) in [6.07, 6.45) is 2.98. The van der Waals surface area contributed by atoms with Gasteiger partial charge in [0.1, 0.15) is 13.2 Å². The van der Waals surface area contributed by atoms with E-state index in [-0.39, 0.29) is 55.9 Å². The molecule has 0 spiro atoms. The number of rotatable bonds is 10. The molecule has 6 fully saturated rings. The smallest absolute Gasteiger partial charge is 0.445 e. The first-order chi connectivity index (χ1) is 24.0. The second kappa shape index (κ2) is 13.7. The number of benzene rings is 2. The van der Waals surface area contributed by atoms with E-state index in [1.165, 1.54) is 4.90 Å². The Balaban J connectivity index is 1.01. The molecule has 6 aliphatic rings. The molecular weight excluding hydrogens is 635 g/mol. The predicted octanol–water partition coefficient (Wildman–Crippen LogP) is 5.63. The lowest BCUT2D eigenvalue weighted by Crippen LogP contribution is -2.70. The molecule has 3 heterocycles. The van der Waals surface area contributed by atoms with Crippen LogP contribution in [0.2, 0.25) is 0 Å². The first-order valence-electron chi connectivity index (χ1n) is 18.0. The van der Waals surface area contributed by atoms with Crippen molar-refractivity contribution in [2.75, 3.05) is 32.7 Å². The monoisotopic (exact) mass is 683 g/mol. The highest BCUT2D eigenvalue weighted by atomic mass is 16.7. The van der Waals surface area contributed by atoms with Crippen molar-refractivity contribution in [3.05, 3.63) is 76.6 Å². The number of hydrogen-bond donors (Lipinski definition) is 0. The van der Waals surface area contributed by atoms with Crippen LogP contribution in [0.1, 0.15) is 64.0 Å². The third kappa shape index (κ3) is 6.29. The second-order valence-corrected chi connectivity index (χ2v) is 15.5. The van der Waals surface area contributed by atoms with E-state index in [4.69, 9.17) is 25.4 Å². The molecule has 11 nitrogen and oxygen atoms in total. The Morgan fingerprint density at radius 1 is 0.960 bits per heavy atom. The van der Waals surface area contributed by atoms with E-state index >= 15 is 0 Å². The van der Waals surface area contributed by atoms with E-state index < -0.39 is 36.7 Å². The van der Waals surface area contributed by atoms with Crippen molar-refractivity contribution < 1.29 is 33.2 Å². The molecule has 0 aromatic heterocycles. The van der Waals surface area contributed by atoms with Crippen molar-refractivity contribution in [2.24, 2.45) is 17.3 Å². The zero-order chi connectivity index (χ0) is 35.1. The normalized spacial score (nSPS) is 31.0. The maximum absolute atomic E-state index is 13.8. The Morgan fingerprint density at radius 3 is 2.30 bits per heavy atom. The third-order valence-corrected chi connectivity index (χ3v) is 12.3. The van der Waals surface area contributed by atoms with Gasteiger partial charge in [-0.3, -0.25) is 14.6 Å². The van der Waals surface area contributed by atoms with E-state index in [9.17, 15) is 14.4 Å². The van der Waals surface area contributed by atoms with Crippen molar-refractivity contribution in [3.8, 4) is 6.57 Å². The number of hydrogen-bond acceptors (Lipinski definition) is 8. The van der Waals surface area contributed by atoms with Crippen molar-refractivity contribution in [1.82, 2.24) is 14.7 Å². The summed E-state index contributed by atoms with van der Waals surface area (Å²) in [7, 11) is -0.560. The highest BCUT2D eigenvalue weighted by Crippen LogP contribution is 2.69. The zero-order valence-electron chi connectivity index (χ0n) is 29.4. The minimum Gasteiger partial charge on any atom is -0.445 e. The predicted molar refractivity (Wildman–Crippen MR) is 187 cm³/mol. The van der Waals surface area contributed by atoms with E-state index in [1.807, 2.05) is 60.7 Å². The van der Waals surface area contributed by atoms with Gasteiger partial charge in [0, 0.05) is 24.9 Å². The SMILES string of the molecule is C#[N+][C@@]12C[C@@H]3C[C@@H](C3(C)C)[C@]1(C)OB([C@@H]1CCCN1CC(=O)CN(C(=O)OCc1ccccc1)C1CCN(C(=O)OCc3ccccc3)C1)O2. The van der Waals surface area contributed by atoms with Crippen molar-refractivity contribution in [3.63, 3.8) is 0 Å². The van der Waals surface area contributed by atoms with Gasteiger partial charge in [0.15, 0.2) is 11.4 Å². The van der Waals surface area contributed by atoms with Gasteiger partial charge in [0.05, 0.1) is 25.6 Å². The molecule has 2 amide bonds. The molecule has 1 unspecified atom stereocenters. The fourth-order valence-corrected chi connectivity index (χ4v) is 9.21. The lowest BCUT2D eigenvalue weighted by Gasteiger charge is -2.63. The van der Waals surface area contributed by atoms with Gasteiger partial charge in [-0.25, -0.2) is 9.59 Å². The van der Waals surface area contributed by atoms with Crippen molar-refractivity contribution in [1.29, 1.82) is 0 Å². The Hall–Kier alpha value is -3.92. The van der Waals surface area contributed by atoms with Gasteiger partial charge < -0.3 is 23.7 Å². The molecule has 0 radical (unpaired) electrons. The lowest BCUT2D eigenvalue weighted by atomic mass is 9.42. The molecule has 3 aliphatic carbocycles. The topological polar surface area (TPSA) is 102 Å². The van der Waals surface area contributed by atoms with Crippen molar-refractivity contribution in [2.45, 2.75) is 89.4 Å². The molecule has 6 atom stereocenters. The quantitative estimate of drug-likeness (QED) is 0.297. The van der Waals surface area contributed by atoms with Crippen LogP contribution in [0.15, 0.2) is 60.7 Å². The van der Waals surface area contributed by atoms with Crippen LogP contribution in [0, 0.1) is 23.8 Å². The van der Waals surface area contributed by atoms with E-state index in [0.717, 1.165) is 36.8 Å².